The summed E-state index contributed by atoms with van der Waals surface area (Å²) in [5, 5.41) is 13.8. The number of carbonyl (C=O) groups excluding carboxylic acids is 4. The highest BCUT2D eigenvalue weighted by Gasteiger charge is 2.44. The quantitative estimate of drug-likeness (QED) is 0.684. The first-order valence-corrected chi connectivity index (χ1v) is 9.17. The molecule has 7 nitrogen and oxygen atoms in total. The molecule has 0 saturated heterocycles. The molecule has 3 amide bonds. The fourth-order valence-corrected chi connectivity index (χ4v) is 3.26. The van der Waals surface area contributed by atoms with Crippen molar-refractivity contribution < 1.29 is 24.3 Å². The van der Waals surface area contributed by atoms with Crippen LogP contribution in [0.25, 0.3) is 0 Å². The average molecular weight is 373 g/mol. The van der Waals surface area contributed by atoms with E-state index >= 15 is 0 Å². The molecular formula is C20H25N2O5-. The average Bonchev–Trinajstić information content (AvgIpc) is 2.86. The van der Waals surface area contributed by atoms with Gasteiger partial charge in [-0.05, 0) is 30.4 Å². The van der Waals surface area contributed by atoms with Crippen LogP contribution in [0.2, 0.25) is 0 Å². The summed E-state index contributed by atoms with van der Waals surface area (Å²) in [4.78, 5) is 50.8. The van der Waals surface area contributed by atoms with Crippen molar-refractivity contribution >= 4 is 23.7 Å². The zero-order valence-corrected chi connectivity index (χ0v) is 16.0. The van der Waals surface area contributed by atoms with Crippen LogP contribution in [-0.4, -0.2) is 40.7 Å². The fraction of sp³-hybridized carbons (Fsp3) is 0.500. The number of nitrogens with zero attached hydrogens (tertiary/aromatic N) is 1. The number of hydrogen-bond donors (Lipinski definition) is 1. The summed E-state index contributed by atoms with van der Waals surface area (Å²) in [6.45, 7) is 7.26. The second kappa shape index (κ2) is 8.33. The zero-order chi connectivity index (χ0) is 20.3. The summed E-state index contributed by atoms with van der Waals surface area (Å²) in [5.74, 6) is -3.44. The largest absolute Gasteiger partial charge is 0.548 e. The molecule has 146 valence electrons. The van der Waals surface area contributed by atoms with Gasteiger partial charge in [0.05, 0.1) is 23.1 Å². The number of carboxylic acid groups (broad SMARTS) is 1. The number of amides is 3. The molecule has 0 aromatic heterocycles. The van der Waals surface area contributed by atoms with Gasteiger partial charge in [0.1, 0.15) is 6.04 Å². The Morgan fingerprint density at radius 3 is 2.00 bits per heavy atom. The van der Waals surface area contributed by atoms with E-state index < -0.39 is 35.8 Å². The van der Waals surface area contributed by atoms with E-state index in [4.69, 9.17) is 0 Å². The lowest BCUT2D eigenvalue weighted by Gasteiger charge is -2.32. The normalized spacial score (nSPS) is 16.9. The molecule has 3 atom stereocenters. The third-order valence-electron chi connectivity index (χ3n) is 4.86. The Hall–Kier alpha value is -2.70. The lowest BCUT2D eigenvalue weighted by Crippen LogP contribution is -2.57. The van der Waals surface area contributed by atoms with E-state index in [2.05, 4.69) is 5.32 Å². The van der Waals surface area contributed by atoms with Crippen LogP contribution in [0.5, 0.6) is 0 Å². The van der Waals surface area contributed by atoms with Crippen LogP contribution >= 0.6 is 0 Å². The molecule has 2 rings (SSSR count). The number of benzene rings is 1. The van der Waals surface area contributed by atoms with Crippen LogP contribution in [0, 0.1) is 11.8 Å². The molecular weight excluding hydrogens is 348 g/mol. The number of carbonyl (C=O) groups is 4. The van der Waals surface area contributed by atoms with Crippen molar-refractivity contribution in [2.24, 2.45) is 11.8 Å². The molecule has 0 radical (unpaired) electrons. The number of hydrogen-bond acceptors (Lipinski definition) is 5. The molecule has 0 spiro atoms. The highest BCUT2D eigenvalue weighted by atomic mass is 16.4. The zero-order valence-electron chi connectivity index (χ0n) is 16.0. The molecule has 1 aliphatic rings. The van der Waals surface area contributed by atoms with E-state index in [1.165, 1.54) is 0 Å². The second-order valence-corrected chi connectivity index (χ2v) is 7.37. The molecule has 1 heterocycles. The Labute approximate surface area is 158 Å². The van der Waals surface area contributed by atoms with Crippen LogP contribution < -0.4 is 10.4 Å². The van der Waals surface area contributed by atoms with E-state index in [-0.39, 0.29) is 29.4 Å². The van der Waals surface area contributed by atoms with Crippen molar-refractivity contribution in [2.45, 2.75) is 52.6 Å². The SMILES string of the molecule is CC[C@H](C)[C@H](C(=O)N[C@@H](CC(C)C)C(=O)[O-])N1C(=O)c2ccccc2C1=O. The van der Waals surface area contributed by atoms with Crippen LogP contribution in [0.1, 0.15) is 61.3 Å². The number of rotatable bonds is 8. The first-order chi connectivity index (χ1) is 12.7. The van der Waals surface area contributed by atoms with E-state index in [9.17, 15) is 24.3 Å². The molecule has 0 fully saturated rings. The van der Waals surface area contributed by atoms with Gasteiger partial charge < -0.3 is 15.2 Å². The van der Waals surface area contributed by atoms with E-state index in [1.54, 1.807) is 31.2 Å². The summed E-state index contributed by atoms with van der Waals surface area (Å²) in [5.41, 5.74) is 0.504. The first kappa shape index (κ1) is 20.6. The third-order valence-corrected chi connectivity index (χ3v) is 4.86. The number of aliphatic carboxylic acids is 1. The monoisotopic (exact) mass is 373 g/mol. The summed E-state index contributed by atoms with van der Waals surface area (Å²) >= 11 is 0. The van der Waals surface area contributed by atoms with Gasteiger partial charge in [-0.3, -0.25) is 19.3 Å². The van der Waals surface area contributed by atoms with Gasteiger partial charge in [0.25, 0.3) is 11.8 Å². The van der Waals surface area contributed by atoms with Gasteiger partial charge in [-0.25, -0.2) is 0 Å². The van der Waals surface area contributed by atoms with Crippen molar-refractivity contribution in [1.29, 1.82) is 0 Å². The predicted octanol–water partition coefficient (Wildman–Crippen LogP) is 0.978. The Kier molecular flexibility index (Phi) is 6.36. The van der Waals surface area contributed by atoms with Gasteiger partial charge in [-0.1, -0.05) is 46.2 Å². The summed E-state index contributed by atoms with van der Waals surface area (Å²) in [6.07, 6.45) is 0.731. The molecule has 0 bridgehead atoms. The van der Waals surface area contributed by atoms with E-state index in [0.717, 1.165) is 4.90 Å². The van der Waals surface area contributed by atoms with Crippen LogP contribution in [0.3, 0.4) is 0 Å². The standard InChI is InChI=1S/C20H26N2O5/c1-5-12(4)16(17(23)21-15(20(26)27)10-11(2)3)22-18(24)13-8-6-7-9-14(13)19(22)25/h6-9,11-12,15-16H,5,10H2,1-4H3,(H,21,23)(H,26,27)/p-1/t12-,15-,16+/m0/s1. The predicted molar refractivity (Wildman–Crippen MR) is 96.6 cm³/mol. The lowest BCUT2D eigenvalue weighted by atomic mass is 9.95. The molecule has 0 aliphatic carbocycles. The maximum Gasteiger partial charge on any atom is 0.262 e. The number of fused-ring (bicyclic) bond motifs is 1. The Bertz CT molecular complexity index is 723. The van der Waals surface area contributed by atoms with Gasteiger partial charge in [-0.2, -0.15) is 0 Å². The van der Waals surface area contributed by atoms with E-state index in [0.29, 0.717) is 6.42 Å². The summed E-state index contributed by atoms with van der Waals surface area (Å²) < 4.78 is 0. The maximum atomic E-state index is 12.9. The number of imide groups is 1. The topological polar surface area (TPSA) is 107 Å². The molecule has 1 aromatic rings. The molecule has 1 aromatic carbocycles. The smallest absolute Gasteiger partial charge is 0.262 e. The Morgan fingerprint density at radius 1 is 1.07 bits per heavy atom. The number of carboxylic acids is 1. The first-order valence-electron chi connectivity index (χ1n) is 9.17. The highest BCUT2D eigenvalue weighted by Crippen LogP contribution is 2.28. The number of nitrogens with one attached hydrogen (secondary N) is 1. The maximum absolute atomic E-state index is 12.9. The van der Waals surface area contributed by atoms with E-state index in [1.807, 2.05) is 20.8 Å². The highest BCUT2D eigenvalue weighted by molar-refractivity contribution is 6.22. The van der Waals surface area contributed by atoms with Gasteiger partial charge in [-0.15, -0.1) is 0 Å². The fourth-order valence-electron chi connectivity index (χ4n) is 3.26. The van der Waals surface area contributed by atoms with Crippen molar-refractivity contribution in [3.05, 3.63) is 35.4 Å². The molecule has 27 heavy (non-hydrogen) atoms. The molecule has 0 unspecified atom stereocenters. The summed E-state index contributed by atoms with van der Waals surface area (Å²) in [7, 11) is 0. The molecule has 7 heteroatoms. The third kappa shape index (κ3) is 4.18. The Morgan fingerprint density at radius 2 is 1.59 bits per heavy atom. The molecule has 0 saturated carbocycles. The van der Waals surface area contributed by atoms with Gasteiger partial charge in [0, 0.05) is 0 Å². The lowest BCUT2D eigenvalue weighted by molar-refractivity contribution is -0.308. The van der Waals surface area contributed by atoms with Crippen LogP contribution in [0.15, 0.2) is 24.3 Å². The van der Waals surface area contributed by atoms with Crippen molar-refractivity contribution in [3.8, 4) is 0 Å². The van der Waals surface area contributed by atoms with Gasteiger partial charge >= 0.3 is 0 Å². The van der Waals surface area contributed by atoms with Crippen molar-refractivity contribution in [2.75, 3.05) is 0 Å². The Balaban J connectivity index is 2.33. The minimum absolute atomic E-state index is 0.0227. The van der Waals surface area contributed by atoms with Gasteiger partial charge in [0.2, 0.25) is 5.91 Å². The van der Waals surface area contributed by atoms with Crippen LogP contribution in [0.4, 0.5) is 0 Å². The second-order valence-electron chi connectivity index (χ2n) is 7.37. The van der Waals surface area contributed by atoms with Gasteiger partial charge in [0.15, 0.2) is 0 Å². The molecule has 1 N–H and O–H groups in total. The van der Waals surface area contributed by atoms with Crippen molar-refractivity contribution in [3.63, 3.8) is 0 Å². The summed E-state index contributed by atoms with van der Waals surface area (Å²) in [6, 6.07) is 4.13. The van der Waals surface area contributed by atoms with Crippen LogP contribution in [-0.2, 0) is 9.59 Å². The minimum atomic E-state index is -1.39. The minimum Gasteiger partial charge on any atom is -0.548 e. The molecule has 1 aliphatic heterocycles. The van der Waals surface area contributed by atoms with Crippen molar-refractivity contribution in [1.82, 2.24) is 10.2 Å².